The number of hydrogen-bond donors (Lipinski definition) is 2. The van der Waals surface area contributed by atoms with Gasteiger partial charge in [0.25, 0.3) is 11.8 Å². The quantitative estimate of drug-likeness (QED) is 0.653. The number of hydrogen-bond acceptors (Lipinski definition) is 6. The number of carbonyl (C=O) groups is 4. The summed E-state index contributed by atoms with van der Waals surface area (Å²) in [7, 11) is 1.48. The Kier molecular flexibility index (Phi) is 6.86. The highest BCUT2D eigenvalue weighted by atomic mass is 16.5. The van der Waals surface area contributed by atoms with Gasteiger partial charge in [0.1, 0.15) is 5.75 Å². The topological polar surface area (TPSA) is 114 Å². The molecule has 1 aliphatic heterocycles. The zero-order chi connectivity index (χ0) is 22.4. The highest BCUT2D eigenvalue weighted by Gasteiger charge is 2.36. The number of esters is 1. The zero-order valence-electron chi connectivity index (χ0n) is 17.2. The van der Waals surface area contributed by atoms with E-state index < -0.39 is 36.2 Å². The standard InChI is InChI=1S/C22H23N3O6/c1-14-6-5-7-15(10-14)21(28)24-25-12-16(11-20(25)27)22(29)31-13-19(26)23-17-8-3-4-9-18(17)30-2/h3-10,16H,11-13H2,1-2H3,(H,23,26)(H,24,28)/t16-/m0/s1. The molecule has 1 heterocycles. The summed E-state index contributed by atoms with van der Waals surface area (Å²) in [5, 5.41) is 3.70. The van der Waals surface area contributed by atoms with Crippen molar-refractivity contribution in [3.05, 3.63) is 59.7 Å². The number of nitrogens with zero attached hydrogens (tertiary/aromatic N) is 1. The number of para-hydroxylation sites is 2. The average molecular weight is 425 g/mol. The molecule has 0 aliphatic carbocycles. The fraction of sp³-hybridized carbons (Fsp3) is 0.273. The molecule has 0 bridgehead atoms. The van der Waals surface area contributed by atoms with E-state index in [0.29, 0.717) is 17.0 Å². The van der Waals surface area contributed by atoms with Crippen LogP contribution in [0.4, 0.5) is 5.69 Å². The largest absolute Gasteiger partial charge is 0.495 e. The Morgan fingerprint density at radius 2 is 1.90 bits per heavy atom. The minimum atomic E-state index is -0.774. The fourth-order valence-corrected chi connectivity index (χ4v) is 3.14. The van der Waals surface area contributed by atoms with E-state index in [2.05, 4.69) is 10.7 Å². The Hall–Kier alpha value is -3.88. The number of anilines is 1. The van der Waals surface area contributed by atoms with Gasteiger partial charge in [-0.1, -0.05) is 29.8 Å². The van der Waals surface area contributed by atoms with Gasteiger partial charge >= 0.3 is 5.97 Å². The van der Waals surface area contributed by atoms with E-state index >= 15 is 0 Å². The average Bonchev–Trinajstić information content (AvgIpc) is 3.12. The first kappa shape index (κ1) is 21.8. The Morgan fingerprint density at radius 1 is 1.13 bits per heavy atom. The minimum Gasteiger partial charge on any atom is -0.495 e. The molecular weight excluding hydrogens is 402 g/mol. The number of aryl methyl sites for hydroxylation is 1. The van der Waals surface area contributed by atoms with E-state index in [1.807, 2.05) is 13.0 Å². The molecule has 0 saturated carbocycles. The van der Waals surface area contributed by atoms with Crippen molar-refractivity contribution in [1.29, 1.82) is 0 Å². The molecule has 2 N–H and O–H groups in total. The van der Waals surface area contributed by atoms with Crippen LogP contribution in [-0.2, 0) is 19.1 Å². The van der Waals surface area contributed by atoms with E-state index in [1.54, 1.807) is 42.5 Å². The predicted octanol–water partition coefficient (Wildman–Crippen LogP) is 1.68. The molecular formula is C22H23N3O6. The molecule has 0 unspecified atom stereocenters. The third kappa shape index (κ3) is 5.59. The molecule has 9 heteroatoms. The van der Waals surface area contributed by atoms with Crippen LogP contribution in [0.3, 0.4) is 0 Å². The SMILES string of the molecule is COc1ccccc1NC(=O)COC(=O)[C@H]1CC(=O)N(NC(=O)c2cccc(C)c2)C1. The summed E-state index contributed by atoms with van der Waals surface area (Å²) in [4.78, 5) is 48.9. The van der Waals surface area contributed by atoms with Gasteiger partial charge in [-0.05, 0) is 31.2 Å². The molecule has 9 nitrogen and oxygen atoms in total. The summed E-state index contributed by atoms with van der Waals surface area (Å²) in [6, 6.07) is 13.8. The highest BCUT2D eigenvalue weighted by Crippen LogP contribution is 2.23. The molecule has 0 spiro atoms. The van der Waals surface area contributed by atoms with Crippen molar-refractivity contribution in [3.8, 4) is 5.75 Å². The molecule has 2 aromatic rings. The molecule has 1 atom stereocenters. The third-order valence-corrected chi connectivity index (χ3v) is 4.70. The number of nitrogens with one attached hydrogen (secondary N) is 2. The summed E-state index contributed by atoms with van der Waals surface area (Å²) < 4.78 is 10.2. The lowest BCUT2D eigenvalue weighted by atomic mass is 10.1. The van der Waals surface area contributed by atoms with Gasteiger partial charge in [0.05, 0.1) is 25.3 Å². The molecule has 0 aromatic heterocycles. The van der Waals surface area contributed by atoms with E-state index in [-0.39, 0.29) is 13.0 Å². The summed E-state index contributed by atoms with van der Waals surface area (Å²) in [6.45, 7) is 1.33. The Labute approximate surface area is 179 Å². The van der Waals surface area contributed by atoms with Crippen LogP contribution < -0.4 is 15.5 Å². The molecule has 0 radical (unpaired) electrons. The van der Waals surface area contributed by atoms with Crippen LogP contribution in [0.25, 0.3) is 0 Å². The van der Waals surface area contributed by atoms with Crippen LogP contribution >= 0.6 is 0 Å². The van der Waals surface area contributed by atoms with Gasteiger partial charge in [-0.3, -0.25) is 29.6 Å². The molecule has 31 heavy (non-hydrogen) atoms. The molecule has 1 saturated heterocycles. The van der Waals surface area contributed by atoms with Crippen LogP contribution in [0, 0.1) is 12.8 Å². The summed E-state index contributed by atoms with van der Waals surface area (Å²) in [5.41, 5.74) is 4.28. The maximum Gasteiger partial charge on any atom is 0.311 e. The van der Waals surface area contributed by atoms with Crippen LogP contribution in [-0.4, -0.2) is 49.0 Å². The Morgan fingerprint density at radius 3 is 2.65 bits per heavy atom. The number of hydrazine groups is 1. The monoisotopic (exact) mass is 425 g/mol. The van der Waals surface area contributed by atoms with Crippen LogP contribution in [0.15, 0.2) is 48.5 Å². The lowest BCUT2D eigenvalue weighted by molar-refractivity contribution is -0.151. The molecule has 162 valence electrons. The van der Waals surface area contributed by atoms with Gasteiger partial charge in [-0.25, -0.2) is 0 Å². The Bertz CT molecular complexity index is 1010. The summed E-state index contributed by atoms with van der Waals surface area (Å²) in [6.07, 6.45) is -0.110. The highest BCUT2D eigenvalue weighted by molar-refractivity contribution is 5.97. The molecule has 3 rings (SSSR count). The van der Waals surface area contributed by atoms with Crippen molar-refractivity contribution in [2.24, 2.45) is 5.92 Å². The van der Waals surface area contributed by atoms with E-state index in [9.17, 15) is 19.2 Å². The van der Waals surface area contributed by atoms with E-state index in [4.69, 9.17) is 9.47 Å². The van der Waals surface area contributed by atoms with Gasteiger partial charge in [-0.15, -0.1) is 0 Å². The van der Waals surface area contributed by atoms with Crippen LogP contribution in [0.2, 0.25) is 0 Å². The first-order valence-electron chi connectivity index (χ1n) is 9.65. The van der Waals surface area contributed by atoms with Crippen molar-refractivity contribution in [1.82, 2.24) is 10.4 Å². The minimum absolute atomic E-state index is 0.0245. The lowest BCUT2D eigenvalue weighted by Crippen LogP contribution is -2.43. The summed E-state index contributed by atoms with van der Waals surface area (Å²) >= 11 is 0. The van der Waals surface area contributed by atoms with Crippen molar-refractivity contribution in [2.45, 2.75) is 13.3 Å². The fourth-order valence-electron chi connectivity index (χ4n) is 3.14. The smallest absolute Gasteiger partial charge is 0.311 e. The molecule has 3 amide bonds. The first-order valence-corrected chi connectivity index (χ1v) is 9.65. The number of methoxy groups -OCH3 is 1. The third-order valence-electron chi connectivity index (χ3n) is 4.70. The van der Waals surface area contributed by atoms with Crippen molar-refractivity contribution >= 4 is 29.4 Å². The van der Waals surface area contributed by atoms with Gasteiger partial charge in [-0.2, -0.15) is 0 Å². The van der Waals surface area contributed by atoms with E-state index in [1.165, 1.54) is 7.11 Å². The number of ether oxygens (including phenoxy) is 2. The van der Waals surface area contributed by atoms with Gasteiger partial charge in [0.15, 0.2) is 6.61 Å². The molecule has 1 aliphatic rings. The van der Waals surface area contributed by atoms with E-state index in [0.717, 1.165) is 10.6 Å². The number of amides is 3. The van der Waals surface area contributed by atoms with Crippen LogP contribution in [0.1, 0.15) is 22.3 Å². The second-order valence-corrected chi connectivity index (χ2v) is 7.07. The lowest BCUT2D eigenvalue weighted by Gasteiger charge is -2.17. The van der Waals surface area contributed by atoms with Crippen molar-refractivity contribution < 1.29 is 28.7 Å². The van der Waals surface area contributed by atoms with Gasteiger partial charge in [0, 0.05) is 12.0 Å². The molecule has 2 aromatic carbocycles. The summed E-state index contributed by atoms with van der Waals surface area (Å²) in [5.74, 6) is -2.36. The predicted molar refractivity (Wildman–Crippen MR) is 111 cm³/mol. The van der Waals surface area contributed by atoms with Crippen molar-refractivity contribution in [3.63, 3.8) is 0 Å². The first-order chi connectivity index (χ1) is 14.9. The van der Waals surface area contributed by atoms with Gasteiger partial charge in [0.2, 0.25) is 5.91 Å². The molecule has 1 fully saturated rings. The maximum absolute atomic E-state index is 12.3. The van der Waals surface area contributed by atoms with Crippen molar-refractivity contribution in [2.75, 3.05) is 25.6 Å². The zero-order valence-corrected chi connectivity index (χ0v) is 17.2. The number of benzene rings is 2. The Balaban J connectivity index is 1.49. The second kappa shape index (κ2) is 9.75. The van der Waals surface area contributed by atoms with Crippen LogP contribution in [0.5, 0.6) is 5.75 Å². The number of carbonyl (C=O) groups excluding carboxylic acids is 4. The second-order valence-electron chi connectivity index (χ2n) is 7.07. The van der Waals surface area contributed by atoms with Gasteiger partial charge < -0.3 is 14.8 Å². The maximum atomic E-state index is 12.3. The number of rotatable bonds is 7. The normalized spacial score (nSPS) is 15.4.